The van der Waals surface area contributed by atoms with Gasteiger partial charge in [0.2, 0.25) is 11.8 Å². The Morgan fingerprint density at radius 3 is 2.90 bits per heavy atom. The van der Waals surface area contributed by atoms with Gasteiger partial charge in [0.1, 0.15) is 6.33 Å². The van der Waals surface area contributed by atoms with E-state index < -0.39 is 0 Å². The Labute approximate surface area is 120 Å². The molecule has 20 heavy (non-hydrogen) atoms. The molecule has 0 unspecified atom stereocenters. The summed E-state index contributed by atoms with van der Waals surface area (Å²) in [6, 6.07) is 0. The second kappa shape index (κ2) is 6.23. The van der Waals surface area contributed by atoms with Crippen LogP contribution in [0.15, 0.2) is 10.9 Å². The first-order valence-electron chi connectivity index (χ1n) is 6.48. The molecule has 0 aromatic carbocycles. The predicted octanol–water partition coefficient (Wildman–Crippen LogP) is 0.373. The second-order valence-electron chi connectivity index (χ2n) is 4.61. The Kier molecular flexibility index (Phi) is 4.16. The number of nitrogens with one attached hydrogen (secondary N) is 1. The number of thioether (sulfide) groups is 1. The molecule has 108 valence electrons. The molecule has 9 heteroatoms. The number of H-pyrrole nitrogens is 1. The van der Waals surface area contributed by atoms with Crippen LogP contribution >= 0.6 is 11.8 Å². The minimum absolute atomic E-state index is 0.696. The minimum Gasteiger partial charge on any atom is -0.339 e. The molecule has 0 spiro atoms. The molecule has 1 aliphatic heterocycles. The maximum absolute atomic E-state index is 5.26. The molecule has 0 amide bonds. The van der Waals surface area contributed by atoms with Crippen LogP contribution in [0.1, 0.15) is 11.7 Å². The summed E-state index contributed by atoms with van der Waals surface area (Å²) in [6.07, 6.45) is 3.56. The molecule has 0 radical (unpaired) electrons. The van der Waals surface area contributed by atoms with Crippen molar-refractivity contribution >= 4 is 17.7 Å². The standard InChI is InChI=1S/C11H17N7OS/c1-20-7-9-14-10(19-16-9)6-17-2-4-18(5-3-17)11-12-8-13-15-11/h8H,2-7H2,1H3,(H,12,13,15). The van der Waals surface area contributed by atoms with Crippen LogP contribution in [0.25, 0.3) is 0 Å². The highest BCUT2D eigenvalue weighted by molar-refractivity contribution is 7.97. The van der Waals surface area contributed by atoms with Gasteiger partial charge in [-0.25, -0.2) is 5.10 Å². The third-order valence-corrected chi connectivity index (χ3v) is 3.76. The summed E-state index contributed by atoms with van der Waals surface area (Å²) in [7, 11) is 0. The molecule has 8 nitrogen and oxygen atoms in total. The molecular weight excluding hydrogens is 278 g/mol. The molecule has 1 fully saturated rings. The van der Waals surface area contributed by atoms with E-state index in [9.17, 15) is 0 Å². The molecule has 3 rings (SSSR count). The molecule has 1 saturated heterocycles. The van der Waals surface area contributed by atoms with Crippen LogP contribution in [-0.4, -0.2) is 62.7 Å². The number of piperazine rings is 1. The van der Waals surface area contributed by atoms with Crippen molar-refractivity contribution in [3.05, 3.63) is 18.0 Å². The normalized spacial score (nSPS) is 16.8. The molecule has 2 aromatic heterocycles. The number of aromatic nitrogens is 5. The van der Waals surface area contributed by atoms with E-state index in [1.54, 1.807) is 11.8 Å². The Morgan fingerprint density at radius 2 is 2.20 bits per heavy atom. The number of rotatable bonds is 5. The third kappa shape index (κ3) is 3.10. The number of hydrogen-bond donors (Lipinski definition) is 1. The van der Waals surface area contributed by atoms with Gasteiger partial charge in [0.05, 0.1) is 12.3 Å². The SMILES string of the molecule is CSCc1noc(CN2CCN(c3ncn[nH]3)CC2)n1. The maximum atomic E-state index is 5.26. The minimum atomic E-state index is 0.696. The largest absolute Gasteiger partial charge is 0.339 e. The Bertz CT molecular complexity index is 521. The predicted molar refractivity (Wildman–Crippen MR) is 75.4 cm³/mol. The van der Waals surface area contributed by atoms with Crippen molar-refractivity contribution in [2.24, 2.45) is 0 Å². The van der Waals surface area contributed by atoms with E-state index in [2.05, 4.69) is 35.1 Å². The van der Waals surface area contributed by atoms with Gasteiger partial charge in [0.15, 0.2) is 5.82 Å². The van der Waals surface area contributed by atoms with Crippen molar-refractivity contribution in [3.8, 4) is 0 Å². The summed E-state index contributed by atoms with van der Waals surface area (Å²) in [4.78, 5) is 13.1. The zero-order valence-corrected chi connectivity index (χ0v) is 12.1. The van der Waals surface area contributed by atoms with Crippen molar-refractivity contribution in [1.29, 1.82) is 0 Å². The van der Waals surface area contributed by atoms with Gasteiger partial charge in [0, 0.05) is 26.2 Å². The van der Waals surface area contributed by atoms with Crippen molar-refractivity contribution in [3.63, 3.8) is 0 Å². The monoisotopic (exact) mass is 295 g/mol. The average Bonchev–Trinajstić information content (AvgIpc) is 3.12. The van der Waals surface area contributed by atoms with Crippen LogP contribution in [0.2, 0.25) is 0 Å². The first-order chi connectivity index (χ1) is 9.85. The van der Waals surface area contributed by atoms with E-state index in [4.69, 9.17) is 4.52 Å². The topological polar surface area (TPSA) is 87.0 Å². The molecule has 0 bridgehead atoms. The lowest BCUT2D eigenvalue weighted by Gasteiger charge is -2.33. The summed E-state index contributed by atoms with van der Waals surface area (Å²) >= 11 is 1.69. The lowest BCUT2D eigenvalue weighted by Crippen LogP contribution is -2.46. The van der Waals surface area contributed by atoms with Gasteiger partial charge in [-0.1, -0.05) is 5.16 Å². The molecule has 3 heterocycles. The van der Waals surface area contributed by atoms with Crippen molar-refractivity contribution in [2.45, 2.75) is 12.3 Å². The van der Waals surface area contributed by atoms with E-state index >= 15 is 0 Å². The number of hydrogen-bond acceptors (Lipinski definition) is 8. The quantitative estimate of drug-likeness (QED) is 0.847. The summed E-state index contributed by atoms with van der Waals surface area (Å²) in [5, 5.41) is 10.7. The summed E-state index contributed by atoms with van der Waals surface area (Å²) in [5.41, 5.74) is 0. The van der Waals surface area contributed by atoms with Crippen LogP contribution < -0.4 is 4.90 Å². The van der Waals surface area contributed by atoms with Gasteiger partial charge in [-0.3, -0.25) is 4.90 Å². The van der Waals surface area contributed by atoms with Gasteiger partial charge in [-0.15, -0.1) is 0 Å². The third-order valence-electron chi connectivity index (χ3n) is 3.22. The van der Waals surface area contributed by atoms with E-state index in [-0.39, 0.29) is 0 Å². The molecular formula is C11H17N7OS. The maximum Gasteiger partial charge on any atom is 0.240 e. The molecule has 2 aromatic rings. The van der Waals surface area contributed by atoms with Gasteiger partial charge < -0.3 is 9.42 Å². The zero-order chi connectivity index (χ0) is 13.8. The zero-order valence-electron chi connectivity index (χ0n) is 11.3. The van der Waals surface area contributed by atoms with Gasteiger partial charge in [0.25, 0.3) is 0 Å². The Morgan fingerprint density at radius 1 is 1.35 bits per heavy atom. The van der Waals surface area contributed by atoms with E-state index in [0.29, 0.717) is 12.4 Å². The first kappa shape index (κ1) is 13.4. The molecule has 1 N–H and O–H groups in total. The first-order valence-corrected chi connectivity index (χ1v) is 7.87. The molecule has 1 aliphatic rings. The molecule has 0 saturated carbocycles. The summed E-state index contributed by atoms with van der Waals surface area (Å²) in [5.74, 6) is 3.10. The van der Waals surface area contributed by atoms with Crippen molar-refractivity contribution in [1.82, 2.24) is 30.2 Å². The van der Waals surface area contributed by atoms with Crippen molar-refractivity contribution in [2.75, 3.05) is 37.3 Å². The average molecular weight is 295 g/mol. The summed E-state index contributed by atoms with van der Waals surface area (Å²) < 4.78 is 5.26. The van der Waals surface area contributed by atoms with Gasteiger partial charge >= 0.3 is 0 Å². The summed E-state index contributed by atoms with van der Waals surface area (Å²) in [6.45, 7) is 4.44. The van der Waals surface area contributed by atoms with E-state index in [0.717, 1.165) is 43.7 Å². The van der Waals surface area contributed by atoms with Gasteiger partial charge in [-0.2, -0.15) is 26.8 Å². The van der Waals surface area contributed by atoms with Crippen LogP contribution in [0, 0.1) is 0 Å². The lowest BCUT2D eigenvalue weighted by molar-refractivity contribution is 0.214. The number of anilines is 1. The number of aromatic amines is 1. The second-order valence-corrected chi connectivity index (χ2v) is 5.48. The highest BCUT2D eigenvalue weighted by atomic mass is 32.2. The number of nitrogens with zero attached hydrogens (tertiary/aromatic N) is 6. The highest BCUT2D eigenvalue weighted by Crippen LogP contribution is 2.12. The highest BCUT2D eigenvalue weighted by Gasteiger charge is 2.20. The van der Waals surface area contributed by atoms with E-state index in [1.165, 1.54) is 6.33 Å². The van der Waals surface area contributed by atoms with E-state index in [1.807, 2.05) is 6.26 Å². The van der Waals surface area contributed by atoms with Gasteiger partial charge in [-0.05, 0) is 6.26 Å². The molecule has 0 atom stereocenters. The fraction of sp³-hybridized carbons (Fsp3) is 0.636. The molecule has 0 aliphatic carbocycles. The smallest absolute Gasteiger partial charge is 0.240 e. The van der Waals surface area contributed by atoms with Crippen molar-refractivity contribution < 1.29 is 4.52 Å². The van der Waals surface area contributed by atoms with Crippen LogP contribution in [-0.2, 0) is 12.3 Å². The lowest BCUT2D eigenvalue weighted by atomic mass is 10.3. The van der Waals surface area contributed by atoms with Crippen LogP contribution in [0.3, 0.4) is 0 Å². The fourth-order valence-corrected chi connectivity index (χ4v) is 2.58. The Balaban J connectivity index is 1.50. The van der Waals surface area contributed by atoms with Crippen LogP contribution in [0.5, 0.6) is 0 Å². The van der Waals surface area contributed by atoms with Crippen LogP contribution in [0.4, 0.5) is 5.95 Å². The fourth-order valence-electron chi connectivity index (χ4n) is 2.20. The Hall–Kier alpha value is -1.61.